The number of hydrogen-bond donors (Lipinski definition) is 1. The Hall–Kier alpha value is -2.63. The van der Waals surface area contributed by atoms with E-state index in [0.29, 0.717) is 11.4 Å². The van der Waals surface area contributed by atoms with Crippen molar-refractivity contribution in [3.8, 4) is 0 Å². The Morgan fingerprint density at radius 1 is 1.03 bits per heavy atom. The van der Waals surface area contributed by atoms with Gasteiger partial charge in [-0.1, -0.05) is 35.9 Å². The number of nitrogens with zero attached hydrogens (tertiary/aromatic N) is 2. The SMILES string of the molecule is O=C(C[C@H](Cn1cccc1)c1ccc(Cl)cc1)NC1CCN(Cc2ccc(F)cc2)CC1. The molecule has 3 aromatic rings. The third-order valence-corrected chi connectivity index (χ3v) is 6.39. The Morgan fingerprint density at radius 3 is 2.34 bits per heavy atom. The summed E-state index contributed by atoms with van der Waals surface area (Å²) in [6, 6.07) is 18.7. The molecule has 0 bridgehead atoms. The maximum absolute atomic E-state index is 13.1. The van der Waals surface area contributed by atoms with E-state index in [4.69, 9.17) is 11.6 Å². The number of rotatable bonds is 8. The van der Waals surface area contributed by atoms with Gasteiger partial charge in [-0.25, -0.2) is 4.39 Å². The van der Waals surface area contributed by atoms with Gasteiger partial charge in [-0.05, 0) is 60.4 Å². The molecular weight excluding hydrogens is 425 g/mol. The number of carbonyl (C=O) groups is 1. The van der Waals surface area contributed by atoms with Crippen LogP contribution in [0.15, 0.2) is 73.1 Å². The quantitative estimate of drug-likeness (QED) is 0.506. The minimum Gasteiger partial charge on any atom is -0.354 e. The number of benzene rings is 2. The van der Waals surface area contributed by atoms with Crippen molar-refractivity contribution >= 4 is 17.5 Å². The van der Waals surface area contributed by atoms with Crippen LogP contribution < -0.4 is 5.32 Å². The zero-order valence-corrected chi connectivity index (χ0v) is 18.8. The number of piperidine rings is 1. The minimum atomic E-state index is -0.205. The second kappa shape index (κ2) is 10.8. The Morgan fingerprint density at radius 2 is 1.69 bits per heavy atom. The van der Waals surface area contributed by atoms with Crippen LogP contribution in [0.1, 0.15) is 36.3 Å². The van der Waals surface area contributed by atoms with Crippen LogP contribution in [0, 0.1) is 5.82 Å². The third-order valence-electron chi connectivity index (χ3n) is 6.14. The standard InChI is InChI=1S/C26H29ClFN3O/c27-23-7-5-21(6-8-23)22(19-30-13-1-2-14-30)17-26(32)29-25-11-15-31(16-12-25)18-20-3-9-24(28)10-4-20/h1-10,13-14,22,25H,11-12,15-19H2,(H,29,32)/t22-/m1/s1. The summed E-state index contributed by atoms with van der Waals surface area (Å²) in [6.07, 6.45) is 6.34. The van der Waals surface area contributed by atoms with Gasteiger partial charge < -0.3 is 9.88 Å². The molecule has 1 amide bonds. The maximum Gasteiger partial charge on any atom is 0.220 e. The number of hydrogen-bond acceptors (Lipinski definition) is 2. The third kappa shape index (κ3) is 6.44. The molecule has 1 aliphatic rings. The van der Waals surface area contributed by atoms with Crippen LogP contribution in [-0.4, -0.2) is 34.5 Å². The van der Waals surface area contributed by atoms with Crippen molar-refractivity contribution in [3.63, 3.8) is 0 Å². The Bertz CT molecular complexity index is 981. The summed E-state index contributed by atoms with van der Waals surface area (Å²) in [6.45, 7) is 3.41. The molecule has 32 heavy (non-hydrogen) atoms. The van der Waals surface area contributed by atoms with E-state index < -0.39 is 0 Å². The molecule has 0 spiro atoms. The van der Waals surface area contributed by atoms with Gasteiger partial charge in [-0.3, -0.25) is 9.69 Å². The minimum absolute atomic E-state index is 0.0817. The van der Waals surface area contributed by atoms with Crippen molar-refractivity contribution in [2.45, 2.75) is 44.3 Å². The average Bonchev–Trinajstić information content (AvgIpc) is 3.30. The molecule has 1 atom stereocenters. The summed E-state index contributed by atoms with van der Waals surface area (Å²) in [5.74, 6) is -0.0313. The van der Waals surface area contributed by atoms with E-state index in [-0.39, 0.29) is 23.7 Å². The van der Waals surface area contributed by atoms with Crippen LogP contribution in [0.4, 0.5) is 4.39 Å². The average molecular weight is 454 g/mol. The second-order valence-electron chi connectivity index (χ2n) is 8.58. The number of carbonyl (C=O) groups excluding carboxylic acids is 1. The van der Waals surface area contributed by atoms with E-state index in [0.717, 1.165) is 50.1 Å². The van der Waals surface area contributed by atoms with E-state index in [1.165, 1.54) is 12.1 Å². The molecule has 0 unspecified atom stereocenters. The smallest absolute Gasteiger partial charge is 0.220 e. The predicted octanol–water partition coefficient (Wildman–Crippen LogP) is 5.24. The second-order valence-corrected chi connectivity index (χ2v) is 9.01. The Balaban J connectivity index is 1.29. The summed E-state index contributed by atoms with van der Waals surface area (Å²) >= 11 is 6.06. The first kappa shape index (κ1) is 22.6. The van der Waals surface area contributed by atoms with Gasteiger partial charge in [-0.2, -0.15) is 0 Å². The van der Waals surface area contributed by atoms with Crippen LogP contribution in [0.3, 0.4) is 0 Å². The molecule has 1 N–H and O–H groups in total. The lowest BCUT2D eigenvalue weighted by Crippen LogP contribution is -2.44. The van der Waals surface area contributed by atoms with Crippen LogP contribution in [-0.2, 0) is 17.9 Å². The normalized spacial score (nSPS) is 16.1. The molecule has 0 saturated carbocycles. The monoisotopic (exact) mass is 453 g/mol. The summed E-state index contributed by atoms with van der Waals surface area (Å²) in [4.78, 5) is 15.3. The molecule has 1 saturated heterocycles. The van der Waals surface area contributed by atoms with Gasteiger partial charge >= 0.3 is 0 Å². The lowest BCUT2D eigenvalue weighted by molar-refractivity contribution is -0.122. The van der Waals surface area contributed by atoms with Crippen molar-refractivity contribution in [2.24, 2.45) is 0 Å². The van der Waals surface area contributed by atoms with Crippen molar-refractivity contribution in [3.05, 3.63) is 95.0 Å². The van der Waals surface area contributed by atoms with Gasteiger partial charge in [0, 0.05) is 62.0 Å². The first-order valence-corrected chi connectivity index (χ1v) is 11.6. The highest BCUT2D eigenvalue weighted by atomic mass is 35.5. The van der Waals surface area contributed by atoms with Crippen molar-refractivity contribution in [1.29, 1.82) is 0 Å². The fraction of sp³-hybridized carbons (Fsp3) is 0.346. The van der Waals surface area contributed by atoms with E-state index in [1.54, 1.807) is 0 Å². The maximum atomic E-state index is 13.1. The molecule has 0 radical (unpaired) electrons. The van der Waals surface area contributed by atoms with E-state index >= 15 is 0 Å². The summed E-state index contributed by atoms with van der Waals surface area (Å²) in [7, 11) is 0. The molecule has 1 aromatic heterocycles. The number of likely N-dealkylation sites (tertiary alicyclic amines) is 1. The van der Waals surface area contributed by atoms with Gasteiger partial charge in [0.15, 0.2) is 0 Å². The van der Waals surface area contributed by atoms with E-state index in [2.05, 4.69) is 14.8 Å². The van der Waals surface area contributed by atoms with Crippen molar-refractivity contribution < 1.29 is 9.18 Å². The number of aromatic nitrogens is 1. The van der Waals surface area contributed by atoms with Crippen molar-refractivity contribution in [2.75, 3.05) is 13.1 Å². The first-order valence-electron chi connectivity index (χ1n) is 11.2. The van der Waals surface area contributed by atoms with Crippen LogP contribution >= 0.6 is 11.6 Å². The van der Waals surface area contributed by atoms with Gasteiger partial charge in [0.25, 0.3) is 0 Å². The Labute approximate surface area is 194 Å². The van der Waals surface area contributed by atoms with Crippen LogP contribution in [0.2, 0.25) is 5.02 Å². The number of amides is 1. The lowest BCUT2D eigenvalue weighted by atomic mass is 9.94. The van der Waals surface area contributed by atoms with Crippen LogP contribution in [0.25, 0.3) is 0 Å². The highest BCUT2D eigenvalue weighted by Crippen LogP contribution is 2.24. The predicted molar refractivity (Wildman–Crippen MR) is 126 cm³/mol. The molecule has 4 rings (SSSR count). The Kier molecular flexibility index (Phi) is 7.61. The summed E-state index contributed by atoms with van der Waals surface area (Å²) in [5, 5.41) is 3.95. The molecule has 1 fully saturated rings. The topological polar surface area (TPSA) is 37.3 Å². The fourth-order valence-corrected chi connectivity index (χ4v) is 4.49. The van der Waals surface area contributed by atoms with E-state index in [1.807, 2.05) is 60.9 Å². The summed E-state index contributed by atoms with van der Waals surface area (Å²) < 4.78 is 15.2. The van der Waals surface area contributed by atoms with Gasteiger partial charge in [0.05, 0.1) is 0 Å². The highest BCUT2D eigenvalue weighted by molar-refractivity contribution is 6.30. The number of halogens is 2. The van der Waals surface area contributed by atoms with Gasteiger partial charge in [-0.15, -0.1) is 0 Å². The molecule has 0 aliphatic carbocycles. The molecule has 4 nitrogen and oxygen atoms in total. The molecule has 2 aromatic carbocycles. The molecular formula is C26H29ClFN3O. The summed E-state index contributed by atoms with van der Waals surface area (Å²) in [5.41, 5.74) is 2.23. The number of nitrogens with one attached hydrogen (secondary N) is 1. The fourth-order valence-electron chi connectivity index (χ4n) is 4.36. The highest BCUT2D eigenvalue weighted by Gasteiger charge is 2.23. The molecule has 2 heterocycles. The molecule has 168 valence electrons. The lowest BCUT2D eigenvalue weighted by Gasteiger charge is -2.32. The molecule has 6 heteroatoms. The zero-order valence-electron chi connectivity index (χ0n) is 18.1. The van der Waals surface area contributed by atoms with Crippen molar-refractivity contribution in [1.82, 2.24) is 14.8 Å². The largest absolute Gasteiger partial charge is 0.354 e. The van der Waals surface area contributed by atoms with Gasteiger partial charge in [0.2, 0.25) is 5.91 Å². The first-order chi connectivity index (χ1) is 15.5. The van der Waals surface area contributed by atoms with Gasteiger partial charge in [0.1, 0.15) is 5.82 Å². The van der Waals surface area contributed by atoms with Crippen LogP contribution in [0.5, 0.6) is 0 Å². The molecule has 1 aliphatic heterocycles. The zero-order chi connectivity index (χ0) is 22.3. The van der Waals surface area contributed by atoms with E-state index in [9.17, 15) is 9.18 Å².